The van der Waals surface area contributed by atoms with E-state index in [-0.39, 0.29) is 6.03 Å². The van der Waals surface area contributed by atoms with Crippen molar-refractivity contribution in [3.8, 4) is 22.8 Å². The van der Waals surface area contributed by atoms with Crippen molar-refractivity contribution in [3.05, 3.63) is 36.2 Å². The molecule has 2 amide bonds. The lowest BCUT2D eigenvalue weighted by molar-refractivity contribution is 0.254. The van der Waals surface area contributed by atoms with Gasteiger partial charge in [-0.1, -0.05) is 12.1 Å². The monoisotopic (exact) mass is 326 g/mol. The Morgan fingerprint density at radius 3 is 2.71 bits per heavy atom. The molecule has 2 heterocycles. The second-order valence-corrected chi connectivity index (χ2v) is 5.19. The smallest absolute Gasteiger partial charge is 0.318 e. The van der Waals surface area contributed by atoms with Gasteiger partial charge in [-0.15, -0.1) is 0 Å². The molecule has 0 atom stereocenters. The summed E-state index contributed by atoms with van der Waals surface area (Å²) in [6, 6.07) is 6.94. The van der Waals surface area contributed by atoms with Gasteiger partial charge in [0.1, 0.15) is 0 Å². The Bertz CT molecular complexity index is 850. The highest BCUT2D eigenvalue weighted by Gasteiger charge is 2.16. The number of carbonyl (C=O) groups excluding carboxylic acids is 1. The fraction of sp³-hybridized carbons (Fsp3) is 0.250. The quantitative estimate of drug-likeness (QED) is 0.767. The average molecular weight is 326 g/mol. The van der Waals surface area contributed by atoms with E-state index >= 15 is 0 Å². The molecule has 2 N–H and O–H groups in total. The van der Waals surface area contributed by atoms with Crippen molar-refractivity contribution in [3.63, 3.8) is 0 Å². The Kier molecular flexibility index (Phi) is 4.28. The minimum atomic E-state index is -0.270. The van der Waals surface area contributed by atoms with Gasteiger partial charge in [0.15, 0.2) is 0 Å². The van der Waals surface area contributed by atoms with E-state index in [9.17, 15) is 4.79 Å². The molecule has 0 unspecified atom stereocenters. The first-order chi connectivity index (χ1) is 11.6. The van der Waals surface area contributed by atoms with Gasteiger partial charge in [-0.05, 0) is 30.7 Å². The Labute approximate surface area is 138 Å². The number of urea groups is 1. The van der Waals surface area contributed by atoms with Gasteiger partial charge in [-0.2, -0.15) is 10.1 Å². The molecule has 0 fully saturated rings. The van der Waals surface area contributed by atoms with E-state index in [4.69, 9.17) is 4.52 Å². The van der Waals surface area contributed by atoms with Crippen LogP contribution in [0.1, 0.15) is 12.6 Å². The van der Waals surface area contributed by atoms with Gasteiger partial charge in [0.2, 0.25) is 5.82 Å². The number of rotatable bonds is 4. The van der Waals surface area contributed by atoms with Gasteiger partial charge in [0.25, 0.3) is 5.89 Å². The van der Waals surface area contributed by atoms with Crippen LogP contribution in [0.5, 0.6) is 0 Å². The minimum absolute atomic E-state index is 0.270. The summed E-state index contributed by atoms with van der Waals surface area (Å²) in [5.41, 5.74) is 3.36. The van der Waals surface area contributed by atoms with Crippen LogP contribution in [0.4, 0.5) is 10.5 Å². The van der Waals surface area contributed by atoms with Gasteiger partial charge >= 0.3 is 6.03 Å². The van der Waals surface area contributed by atoms with Crippen LogP contribution >= 0.6 is 0 Å². The highest BCUT2D eigenvalue weighted by Crippen LogP contribution is 2.25. The zero-order valence-corrected chi connectivity index (χ0v) is 13.7. The van der Waals surface area contributed by atoms with E-state index < -0.39 is 0 Å². The van der Waals surface area contributed by atoms with Gasteiger partial charge in [-0.25, -0.2) is 4.79 Å². The fourth-order valence-corrected chi connectivity index (χ4v) is 2.41. The number of amides is 2. The summed E-state index contributed by atoms with van der Waals surface area (Å²) in [6.45, 7) is 2.05. The Hall–Kier alpha value is -3.16. The third kappa shape index (κ3) is 2.98. The number of hydrogen-bond donors (Lipinski definition) is 2. The van der Waals surface area contributed by atoms with Crippen molar-refractivity contribution in [2.24, 2.45) is 7.05 Å². The molecule has 0 saturated heterocycles. The van der Waals surface area contributed by atoms with Crippen LogP contribution in [0.25, 0.3) is 22.8 Å². The molecule has 8 heteroatoms. The van der Waals surface area contributed by atoms with Crippen LogP contribution in [-0.2, 0) is 13.5 Å². The maximum atomic E-state index is 11.3. The summed E-state index contributed by atoms with van der Waals surface area (Å²) in [6.07, 6.45) is 2.55. The molecule has 24 heavy (non-hydrogen) atoms. The van der Waals surface area contributed by atoms with Gasteiger partial charge in [0, 0.05) is 25.3 Å². The second kappa shape index (κ2) is 6.53. The molecule has 124 valence electrons. The first-order valence-corrected chi connectivity index (χ1v) is 7.56. The molecular weight excluding hydrogens is 308 g/mol. The SMILES string of the molecule is CCc1c(-c2nc(-c3ccc(NC(=O)NC)cc3)no2)cnn1C. The number of nitrogens with zero attached hydrogens (tertiary/aromatic N) is 4. The molecule has 0 saturated carbocycles. The lowest BCUT2D eigenvalue weighted by Gasteiger charge is -2.04. The van der Waals surface area contributed by atoms with Gasteiger partial charge in [0.05, 0.1) is 17.5 Å². The van der Waals surface area contributed by atoms with Crippen LogP contribution in [0.3, 0.4) is 0 Å². The zero-order valence-electron chi connectivity index (χ0n) is 13.7. The fourth-order valence-electron chi connectivity index (χ4n) is 2.41. The summed E-state index contributed by atoms with van der Waals surface area (Å²) in [4.78, 5) is 15.7. The molecule has 0 aliphatic carbocycles. The Morgan fingerprint density at radius 2 is 2.04 bits per heavy atom. The molecule has 0 aliphatic rings. The van der Waals surface area contributed by atoms with Crippen molar-refractivity contribution >= 4 is 11.7 Å². The van der Waals surface area contributed by atoms with E-state index in [1.807, 2.05) is 19.2 Å². The molecule has 3 aromatic rings. The molecule has 0 bridgehead atoms. The average Bonchev–Trinajstić information content (AvgIpc) is 3.21. The number of aryl methyl sites for hydroxylation is 1. The number of benzene rings is 1. The maximum absolute atomic E-state index is 11.3. The van der Waals surface area contributed by atoms with Gasteiger partial charge in [-0.3, -0.25) is 4.68 Å². The van der Waals surface area contributed by atoms with Crippen molar-refractivity contribution in [2.75, 3.05) is 12.4 Å². The summed E-state index contributed by atoms with van der Waals surface area (Å²) < 4.78 is 7.18. The van der Waals surface area contributed by atoms with Crippen LogP contribution in [-0.4, -0.2) is 33.0 Å². The Balaban J connectivity index is 1.84. The normalized spacial score (nSPS) is 10.6. The standard InChI is InChI=1S/C16H18N6O2/c1-4-13-12(9-18-22(13)3)15-20-14(21-24-15)10-5-7-11(8-6-10)19-16(23)17-2/h5-9H,4H2,1-3H3,(H2,17,19,23). The summed E-state index contributed by atoms with van der Waals surface area (Å²) in [5.74, 6) is 0.935. The van der Waals surface area contributed by atoms with Crippen LogP contribution < -0.4 is 10.6 Å². The highest BCUT2D eigenvalue weighted by atomic mass is 16.5. The summed E-state index contributed by atoms with van der Waals surface area (Å²) in [5, 5.41) is 13.5. The first-order valence-electron chi connectivity index (χ1n) is 7.56. The van der Waals surface area contributed by atoms with Crippen molar-refractivity contribution in [1.82, 2.24) is 25.2 Å². The number of anilines is 1. The van der Waals surface area contributed by atoms with Gasteiger partial charge < -0.3 is 15.2 Å². The predicted octanol–water partition coefficient (Wildman–Crippen LogP) is 2.45. The third-order valence-electron chi connectivity index (χ3n) is 3.68. The molecular formula is C16H18N6O2. The topological polar surface area (TPSA) is 97.9 Å². The van der Waals surface area contributed by atoms with Crippen LogP contribution in [0.15, 0.2) is 35.0 Å². The lowest BCUT2D eigenvalue weighted by Crippen LogP contribution is -2.24. The summed E-state index contributed by atoms with van der Waals surface area (Å²) in [7, 11) is 3.45. The van der Waals surface area contributed by atoms with Crippen molar-refractivity contribution < 1.29 is 9.32 Å². The predicted molar refractivity (Wildman–Crippen MR) is 89.4 cm³/mol. The van der Waals surface area contributed by atoms with E-state index in [1.165, 1.54) is 0 Å². The van der Waals surface area contributed by atoms with Crippen molar-refractivity contribution in [2.45, 2.75) is 13.3 Å². The molecule has 1 aromatic carbocycles. The first kappa shape index (κ1) is 15.7. The van der Waals surface area contributed by atoms with Crippen LogP contribution in [0, 0.1) is 0 Å². The molecule has 0 aliphatic heterocycles. The molecule has 8 nitrogen and oxygen atoms in total. The summed E-state index contributed by atoms with van der Waals surface area (Å²) >= 11 is 0. The molecule has 0 spiro atoms. The molecule has 3 rings (SSSR count). The Morgan fingerprint density at radius 1 is 1.29 bits per heavy atom. The molecule has 2 aromatic heterocycles. The third-order valence-corrected chi connectivity index (χ3v) is 3.68. The van der Waals surface area contributed by atoms with E-state index in [2.05, 4.69) is 32.8 Å². The number of aromatic nitrogens is 4. The van der Waals surface area contributed by atoms with Crippen molar-refractivity contribution in [1.29, 1.82) is 0 Å². The zero-order chi connectivity index (χ0) is 17.1. The number of nitrogens with one attached hydrogen (secondary N) is 2. The van der Waals surface area contributed by atoms with E-state index in [0.29, 0.717) is 17.4 Å². The maximum Gasteiger partial charge on any atom is 0.318 e. The largest absolute Gasteiger partial charge is 0.341 e. The number of hydrogen-bond acceptors (Lipinski definition) is 5. The minimum Gasteiger partial charge on any atom is -0.341 e. The van der Waals surface area contributed by atoms with E-state index in [1.54, 1.807) is 30.1 Å². The number of carbonyl (C=O) groups is 1. The molecule has 0 radical (unpaired) electrons. The second-order valence-electron chi connectivity index (χ2n) is 5.19. The highest BCUT2D eigenvalue weighted by molar-refractivity contribution is 5.89. The lowest BCUT2D eigenvalue weighted by atomic mass is 10.2. The van der Waals surface area contributed by atoms with E-state index in [0.717, 1.165) is 23.2 Å². The van der Waals surface area contributed by atoms with Crippen LogP contribution in [0.2, 0.25) is 0 Å².